The first-order valence-electron chi connectivity index (χ1n) is 7.76. The second-order valence-corrected chi connectivity index (χ2v) is 5.19. The summed E-state index contributed by atoms with van der Waals surface area (Å²) in [5, 5.41) is 11.7. The Morgan fingerprint density at radius 1 is 1.05 bits per heavy atom. The lowest BCUT2D eigenvalue weighted by Crippen LogP contribution is -2.24. The molecule has 1 aromatic rings. The average Bonchev–Trinajstić information content (AvgIpc) is 2.48. The Labute approximate surface area is 122 Å². The predicted molar refractivity (Wildman–Crippen MR) is 82.9 cm³/mol. The first kappa shape index (κ1) is 16.7. The monoisotopic (exact) mass is 277 g/mol. The number of hydrogen-bond donors (Lipinski definition) is 2. The van der Waals surface area contributed by atoms with E-state index in [1.807, 2.05) is 24.3 Å². The Hall–Kier alpha value is -1.35. The minimum atomic E-state index is 0.0212. The number of hydrogen-bond acceptors (Lipinski definition) is 2. The van der Waals surface area contributed by atoms with Crippen LogP contribution in [-0.4, -0.2) is 24.2 Å². The Morgan fingerprint density at radius 2 is 1.80 bits per heavy atom. The maximum Gasteiger partial charge on any atom is 0.251 e. The van der Waals surface area contributed by atoms with E-state index in [-0.39, 0.29) is 12.5 Å². The maximum absolute atomic E-state index is 11.9. The van der Waals surface area contributed by atoms with Crippen LogP contribution in [0.5, 0.6) is 0 Å². The molecule has 0 unspecified atom stereocenters. The summed E-state index contributed by atoms with van der Waals surface area (Å²) in [5.74, 6) is 0.0212. The number of nitrogens with one attached hydrogen (secondary N) is 1. The summed E-state index contributed by atoms with van der Waals surface area (Å²) in [4.78, 5) is 11.9. The van der Waals surface area contributed by atoms with Crippen LogP contribution in [0.2, 0.25) is 0 Å². The minimum Gasteiger partial charge on any atom is -0.396 e. The van der Waals surface area contributed by atoms with Crippen molar-refractivity contribution in [3.05, 3.63) is 35.4 Å². The van der Waals surface area contributed by atoms with Gasteiger partial charge in [-0.15, -0.1) is 0 Å². The van der Waals surface area contributed by atoms with Gasteiger partial charge in [-0.25, -0.2) is 0 Å². The van der Waals surface area contributed by atoms with Crippen molar-refractivity contribution in [2.24, 2.45) is 0 Å². The molecule has 0 saturated heterocycles. The van der Waals surface area contributed by atoms with Crippen LogP contribution in [0.25, 0.3) is 0 Å². The number of carbonyl (C=O) groups excluding carboxylic acids is 1. The zero-order chi connectivity index (χ0) is 14.6. The van der Waals surface area contributed by atoms with Gasteiger partial charge in [0.15, 0.2) is 0 Å². The number of carbonyl (C=O) groups is 1. The molecule has 20 heavy (non-hydrogen) atoms. The summed E-state index contributed by atoms with van der Waals surface area (Å²) >= 11 is 0. The molecular weight excluding hydrogens is 250 g/mol. The topological polar surface area (TPSA) is 49.3 Å². The molecule has 1 amide bonds. The van der Waals surface area contributed by atoms with E-state index >= 15 is 0 Å². The van der Waals surface area contributed by atoms with Crippen LogP contribution in [0.3, 0.4) is 0 Å². The van der Waals surface area contributed by atoms with E-state index in [0.29, 0.717) is 0 Å². The van der Waals surface area contributed by atoms with Crippen molar-refractivity contribution in [3.63, 3.8) is 0 Å². The number of unbranched alkanes of at least 4 members (excludes halogenated alkanes) is 4. The average molecular weight is 277 g/mol. The normalized spacial score (nSPS) is 10.5. The largest absolute Gasteiger partial charge is 0.396 e. The molecule has 0 aliphatic rings. The Morgan fingerprint density at radius 3 is 2.45 bits per heavy atom. The first-order chi connectivity index (χ1) is 9.77. The van der Waals surface area contributed by atoms with Gasteiger partial charge in [0.1, 0.15) is 0 Å². The van der Waals surface area contributed by atoms with Crippen molar-refractivity contribution in [3.8, 4) is 0 Å². The Balaban J connectivity index is 2.31. The molecule has 0 radical (unpaired) electrons. The van der Waals surface area contributed by atoms with Crippen LogP contribution in [0, 0.1) is 0 Å². The van der Waals surface area contributed by atoms with Crippen LogP contribution in [-0.2, 0) is 6.42 Å². The molecule has 0 spiro atoms. The molecule has 0 aliphatic heterocycles. The minimum absolute atomic E-state index is 0.0212. The number of aliphatic hydroxyl groups is 1. The van der Waals surface area contributed by atoms with Gasteiger partial charge in [-0.2, -0.15) is 0 Å². The standard InChI is InChI=1S/C17H27NO2/c1-2-3-6-13-18-17(20)16-11-9-15(10-12-16)8-5-4-7-14-19/h9-12,19H,2-8,13-14H2,1H3,(H,18,20). The van der Waals surface area contributed by atoms with E-state index in [1.54, 1.807) is 0 Å². The van der Waals surface area contributed by atoms with E-state index in [9.17, 15) is 4.79 Å². The molecule has 0 bridgehead atoms. The summed E-state index contributed by atoms with van der Waals surface area (Å²) in [7, 11) is 0. The highest BCUT2D eigenvalue weighted by Crippen LogP contribution is 2.09. The lowest BCUT2D eigenvalue weighted by Gasteiger charge is -2.06. The van der Waals surface area contributed by atoms with Gasteiger partial charge in [0.05, 0.1) is 0 Å². The van der Waals surface area contributed by atoms with Crippen molar-refractivity contribution in [1.82, 2.24) is 5.32 Å². The number of aliphatic hydroxyl groups excluding tert-OH is 1. The summed E-state index contributed by atoms with van der Waals surface area (Å²) in [6, 6.07) is 7.85. The molecule has 0 aromatic heterocycles. The van der Waals surface area contributed by atoms with Crippen molar-refractivity contribution < 1.29 is 9.90 Å². The quantitative estimate of drug-likeness (QED) is 0.645. The van der Waals surface area contributed by atoms with E-state index in [4.69, 9.17) is 5.11 Å². The van der Waals surface area contributed by atoms with Gasteiger partial charge < -0.3 is 10.4 Å². The number of rotatable bonds is 10. The smallest absolute Gasteiger partial charge is 0.251 e. The van der Waals surface area contributed by atoms with Crippen molar-refractivity contribution in [2.75, 3.05) is 13.2 Å². The molecule has 1 rings (SSSR count). The fourth-order valence-corrected chi connectivity index (χ4v) is 2.12. The van der Waals surface area contributed by atoms with E-state index in [2.05, 4.69) is 12.2 Å². The van der Waals surface area contributed by atoms with Crippen molar-refractivity contribution in [2.45, 2.75) is 51.9 Å². The van der Waals surface area contributed by atoms with Gasteiger partial charge in [-0.3, -0.25) is 4.79 Å². The molecule has 2 N–H and O–H groups in total. The molecule has 3 heteroatoms. The molecule has 0 atom stereocenters. The van der Waals surface area contributed by atoms with Gasteiger partial charge in [-0.05, 0) is 43.4 Å². The number of benzene rings is 1. The number of aryl methyl sites for hydroxylation is 1. The predicted octanol–water partition coefficient (Wildman–Crippen LogP) is 3.31. The fraction of sp³-hybridized carbons (Fsp3) is 0.588. The SMILES string of the molecule is CCCCCNC(=O)c1ccc(CCCCCO)cc1. The van der Waals surface area contributed by atoms with Crippen LogP contribution in [0.4, 0.5) is 0 Å². The highest BCUT2D eigenvalue weighted by atomic mass is 16.2. The molecule has 0 fully saturated rings. The molecule has 0 aliphatic carbocycles. The zero-order valence-electron chi connectivity index (χ0n) is 12.5. The second-order valence-electron chi connectivity index (χ2n) is 5.19. The third-order valence-corrected chi connectivity index (χ3v) is 3.41. The Kier molecular flexibility index (Phi) is 8.72. The van der Waals surface area contributed by atoms with Crippen LogP contribution >= 0.6 is 0 Å². The summed E-state index contributed by atoms with van der Waals surface area (Å²) in [5.41, 5.74) is 1.99. The molecule has 112 valence electrons. The third kappa shape index (κ3) is 6.71. The van der Waals surface area contributed by atoms with Gasteiger partial charge in [-0.1, -0.05) is 38.3 Å². The highest BCUT2D eigenvalue weighted by molar-refractivity contribution is 5.94. The molecule has 3 nitrogen and oxygen atoms in total. The van der Waals surface area contributed by atoms with Crippen molar-refractivity contribution in [1.29, 1.82) is 0 Å². The van der Waals surface area contributed by atoms with Crippen LogP contribution < -0.4 is 5.32 Å². The maximum atomic E-state index is 11.9. The lowest BCUT2D eigenvalue weighted by molar-refractivity contribution is 0.0953. The third-order valence-electron chi connectivity index (χ3n) is 3.41. The summed E-state index contributed by atoms with van der Waals surface area (Å²) in [6.45, 7) is 3.19. The molecule has 0 heterocycles. The molecule has 0 saturated carbocycles. The molecular formula is C17H27NO2. The van der Waals surface area contributed by atoms with Crippen LogP contribution in [0.15, 0.2) is 24.3 Å². The van der Waals surface area contributed by atoms with Crippen LogP contribution in [0.1, 0.15) is 61.4 Å². The summed E-state index contributed by atoms with van der Waals surface area (Å²) < 4.78 is 0. The zero-order valence-corrected chi connectivity index (χ0v) is 12.5. The van der Waals surface area contributed by atoms with E-state index in [1.165, 1.54) is 12.0 Å². The first-order valence-corrected chi connectivity index (χ1v) is 7.76. The van der Waals surface area contributed by atoms with E-state index in [0.717, 1.165) is 50.6 Å². The van der Waals surface area contributed by atoms with Gasteiger partial charge >= 0.3 is 0 Å². The number of amides is 1. The second kappa shape index (κ2) is 10.4. The van der Waals surface area contributed by atoms with Gasteiger partial charge in [0, 0.05) is 18.7 Å². The van der Waals surface area contributed by atoms with Gasteiger partial charge in [0.2, 0.25) is 0 Å². The highest BCUT2D eigenvalue weighted by Gasteiger charge is 2.04. The fourth-order valence-electron chi connectivity index (χ4n) is 2.12. The molecule has 1 aromatic carbocycles. The lowest BCUT2D eigenvalue weighted by atomic mass is 10.0. The van der Waals surface area contributed by atoms with E-state index < -0.39 is 0 Å². The summed E-state index contributed by atoms with van der Waals surface area (Å²) in [6.07, 6.45) is 7.40. The van der Waals surface area contributed by atoms with Crippen molar-refractivity contribution >= 4 is 5.91 Å². The van der Waals surface area contributed by atoms with Gasteiger partial charge in [0.25, 0.3) is 5.91 Å². The Bertz CT molecular complexity index is 373.